The number of rotatable bonds is 6. The number of thiophene rings is 1. The van der Waals surface area contributed by atoms with E-state index in [0.29, 0.717) is 29.2 Å². The van der Waals surface area contributed by atoms with Gasteiger partial charge in [-0.1, -0.05) is 29.5 Å². The normalized spacial score (nSPS) is 15.0. The number of halogens is 1. The second-order valence-electron chi connectivity index (χ2n) is 11.3. The van der Waals surface area contributed by atoms with Crippen LogP contribution in [0.25, 0.3) is 48.5 Å². The molecule has 6 heterocycles. The predicted molar refractivity (Wildman–Crippen MR) is 177 cm³/mol. The maximum Gasteiger partial charge on any atom is 0.262 e. The number of fused-ring (bicyclic) bond motifs is 2. The van der Waals surface area contributed by atoms with Crippen molar-refractivity contribution in [2.45, 2.75) is 18.9 Å². The first-order chi connectivity index (χ1) is 22.5. The first-order valence-corrected chi connectivity index (χ1v) is 15.8. The maximum absolute atomic E-state index is 15.9. The van der Waals surface area contributed by atoms with E-state index in [4.69, 9.17) is 4.98 Å². The molecule has 1 N–H and O–H groups in total. The van der Waals surface area contributed by atoms with Crippen molar-refractivity contribution in [3.05, 3.63) is 103 Å². The van der Waals surface area contributed by atoms with Crippen molar-refractivity contribution in [3.63, 3.8) is 0 Å². The zero-order valence-corrected chi connectivity index (χ0v) is 25.7. The van der Waals surface area contributed by atoms with E-state index in [2.05, 4.69) is 56.0 Å². The molecule has 2 aromatic carbocycles. The maximum atomic E-state index is 15.9. The minimum absolute atomic E-state index is 0.0352. The lowest BCUT2D eigenvalue weighted by Crippen LogP contribution is -2.49. The zero-order chi connectivity index (χ0) is 31.2. The molecule has 0 unspecified atom stereocenters. The van der Waals surface area contributed by atoms with Crippen LogP contribution in [0.4, 0.5) is 10.2 Å². The van der Waals surface area contributed by atoms with Gasteiger partial charge >= 0.3 is 0 Å². The summed E-state index contributed by atoms with van der Waals surface area (Å²) in [6.45, 7) is 1.46. The fraction of sp³-hybridized carbons (Fsp3) is 0.176. The molecule has 7 aromatic rings. The number of amides is 1. The smallest absolute Gasteiger partial charge is 0.262 e. The highest BCUT2D eigenvalue weighted by molar-refractivity contribution is 7.22. The van der Waals surface area contributed by atoms with Crippen LogP contribution in [0.2, 0.25) is 0 Å². The molecular formula is C34H28FN9OS. The SMILES string of the molecule is Cn1cc(-c2ccc(-c3cc4c(N(C(=O)c5ccc(-n6nnc7cccnc76)cc5F)[C@@H]5CCCNC5)nccc4s3)cc2)cn1. The number of carbonyl (C=O) groups excluding carboxylic acids is 1. The highest BCUT2D eigenvalue weighted by atomic mass is 32.1. The third kappa shape index (κ3) is 5.01. The van der Waals surface area contributed by atoms with Crippen molar-refractivity contribution in [2.24, 2.45) is 7.05 Å². The van der Waals surface area contributed by atoms with Gasteiger partial charge in [0, 0.05) is 58.8 Å². The molecule has 5 aromatic heterocycles. The Kier molecular flexibility index (Phi) is 7.07. The Balaban J connectivity index is 1.16. The largest absolute Gasteiger partial charge is 0.315 e. The van der Waals surface area contributed by atoms with Gasteiger partial charge in [-0.2, -0.15) is 9.78 Å². The lowest BCUT2D eigenvalue weighted by molar-refractivity contribution is 0.0968. The highest BCUT2D eigenvalue weighted by Crippen LogP contribution is 2.39. The fourth-order valence-electron chi connectivity index (χ4n) is 6.05. The Hall–Kier alpha value is -5.33. The number of hydrogen-bond acceptors (Lipinski definition) is 8. The number of carbonyl (C=O) groups is 1. The van der Waals surface area contributed by atoms with E-state index in [-0.39, 0.29) is 11.6 Å². The van der Waals surface area contributed by atoms with Crippen molar-refractivity contribution < 1.29 is 9.18 Å². The average molecular weight is 630 g/mol. The Bertz CT molecular complexity index is 2220. The minimum Gasteiger partial charge on any atom is -0.315 e. The molecule has 0 radical (unpaired) electrons. The Morgan fingerprint density at radius 1 is 1.02 bits per heavy atom. The van der Waals surface area contributed by atoms with Gasteiger partial charge in [-0.15, -0.1) is 16.4 Å². The van der Waals surface area contributed by atoms with Crippen LogP contribution in [0.1, 0.15) is 23.2 Å². The van der Waals surface area contributed by atoms with Crippen molar-refractivity contribution in [1.29, 1.82) is 0 Å². The van der Waals surface area contributed by atoms with Crippen LogP contribution in [0.3, 0.4) is 0 Å². The number of hydrogen-bond donors (Lipinski definition) is 1. The summed E-state index contributed by atoms with van der Waals surface area (Å²) in [6.07, 6.45) is 8.87. The summed E-state index contributed by atoms with van der Waals surface area (Å²) in [5.74, 6) is -0.559. The lowest BCUT2D eigenvalue weighted by Gasteiger charge is -2.34. The standard InChI is InChI=1S/C34H28FN9OS/c1-42-20-23(18-39-42)21-6-8-22(9-7-21)31-17-27-30(46-31)12-15-38-32(27)43(25-4-2-13-36-19-25)34(45)26-11-10-24(16-28(26)35)44-33-29(40-41-44)5-3-14-37-33/h3,5-12,14-18,20,25,36H,2,4,13,19H2,1H3/t25-/m1/s1. The molecule has 1 saturated heterocycles. The lowest BCUT2D eigenvalue weighted by atomic mass is 10.0. The number of aryl methyl sites for hydroxylation is 1. The number of benzene rings is 2. The van der Waals surface area contributed by atoms with E-state index in [1.807, 2.05) is 25.5 Å². The Morgan fingerprint density at radius 2 is 1.89 bits per heavy atom. The molecule has 1 atom stereocenters. The molecule has 0 aliphatic carbocycles. The summed E-state index contributed by atoms with van der Waals surface area (Å²) >= 11 is 1.64. The van der Waals surface area contributed by atoms with E-state index in [1.165, 1.54) is 16.8 Å². The van der Waals surface area contributed by atoms with Gasteiger partial charge in [0.1, 0.15) is 17.2 Å². The number of pyridine rings is 2. The number of piperidine rings is 1. The molecular weight excluding hydrogens is 602 g/mol. The van der Waals surface area contributed by atoms with Gasteiger partial charge in [-0.25, -0.2) is 14.4 Å². The average Bonchev–Trinajstić information content (AvgIpc) is 3.84. The Labute approximate surface area is 267 Å². The molecule has 12 heteroatoms. The molecule has 0 spiro atoms. The van der Waals surface area contributed by atoms with Crippen LogP contribution < -0.4 is 10.2 Å². The van der Waals surface area contributed by atoms with E-state index in [9.17, 15) is 4.79 Å². The van der Waals surface area contributed by atoms with Crippen LogP contribution >= 0.6 is 11.3 Å². The van der Waals surface area contributed by atoms with Crippen molar-refractivity contribution in [3.8, 4) is 27.3 Å². The molecule has 1 fully saturated rings. The molecule has 1 amide bonds. The van der Waals surface area contributed by atoms with Gasteiger partial charge in [0.2, 0.25) is 0 Å². The van der Waals surface area contributed by atoms with Gasteiger partial charge in [-0.3, -0.25) is 14.4 Å². The van der Waals surface area contributed by atoms with Gasteiger partial charge < -0.3 is 5.32 Å². The molecule has 0 bridgehead atoms. The molecule has 10 nitrogen and oxygen atoms in total. The van der Waals surface area contributed by atoms with Gasteiger partial charge in [0.15, 0.2) is 5.65 Å². The molecule has 46 heavy (non-hydrogen) atoms. The van der Waals surface area contributed by atoms with Crippen LogP contribution in [0.15, 0.2) is 91.5 Å². The zero-order valence-electron chi connectivity index (χ0n) is 24.8. The van der Waals surface area contributed by atoms with Crippen LogP contribution in [-0.4, -0.2) is 59.8 Å². The predicted octanol–water partition coefficient (Wildman–Crippen LogP) is 6.03. The van der Waals surface area contributed by atoms with Crippen molar-refractivity contribution in [1.82, 2.24) is 40.1 Å². The fourth-order valence-corrected chi connectivity index (χ4v) is 7.10. The molecule has 1 aliphatic heterocycles. The second-order valence-corrected chi connectivity index (χ2v) is 12.4. The summed E-state index contributed by atoms with van der Waals surface area (Å²) < 4.78 is 20.1. The summed E-state index contributed by atoms with van der Waals surface area (Å²) in [5, 5.41) is 16.8. The quantitative estimate of drug-likeness (QED) is 0.239. The molecule has 8 rings (SSSR count). The third-order valence-corrected chi connectivity index (χ3v) is 9.50. The molecule has 228 valence electrons. The number of nitrogens with one attached hydrogen (secondary N) is 1. The van der Waals surface area contributed by atoms with E-state index < -0.39 is 11.7 Å². The summed E-state index contributed by atoms with van der Waals surface area (Å²) in [6, 6.07) is 20.3. The van der Waals surface area contributed by atoms with E-state index in [1.54, 1.807) is 51.5 Å². The van der Waals surface area contributed by atoms with E-state index in [0.717, 1.165) is 51.0 Å². The second kappa shape index (κ2) is 11.5. The number of anilines is 1. The summed E-state index contributed by atoms with van der Waals surface area (Å²) in [4.78, 5) is 26.1. The first-order valence-electron chi connectivity index (χ1n) is 15.0. The highest BCUT2D eigenvalue weighted by Gasteiger charge is 2.32. The van der Waals surface area contributed by atoms with Crippen LogP contribution in [0, 0.1) is 5.82 Å². The Morgan fingerprint density at radius 3 is 2.67 bits per heavy atom. The monoisotopic (exact) mass is 629 g/mol. The summed E-state index contributed by atoms with van der Waals surface area (Å²) in [7, 11) is 1.90. The van der Waals surface area contributed by atoms with Gasteiger partial charge in [0.05, 0.1) is 23.5 Å². The van der Waals surface area contributed by atoms with Crippen molar-refractivity contribution in [2.75, 3.05) is 18.0 Å². The van der Waals surface area contributed by atoms with Crippen LogP contribution in [0.5, 0.6) is 0 Å². The van der Waals surface area contributed by atoms with E-state index >= 15 is 4.39 Å². The van der Waals surface area contributed by atoms with Gasteiger partial charge in [0.25, 0.3) is 5.91 Å². The van der Waals surface area contributed by atoms with Gasteiger partial charge in [-0.05, 0) is 66.9 Å². The summed E-state index contributed by atoms with van der Waals surface area (Å²) in [5.41, 5.74) is 4.70. The topological polar surface area (TPSA) is 107 Å². The first kappa shape index (κ1) is 28.2. The third-order valence-electron chi connectivity index (χ3n) is 8.35. The number of nitrogens with zero attached hydrogens (tertiary/aromatic N) is 8. The van der Waals surface area contributed by atoms with Crippen LogP contribution in [-0.2, 0) is 7.05 Å². The van der Waals surface area contributed by atoms with Crippen molar-refractivity contribution >= 4 is 44.3 Å². The molecule has 1 aliphatic rings. The minimum atomic E-state index is -0.650. The number of aromatic nitrogens is 7. The molecule has 0 saturated carbocycles.